The van der Waals surface area contributed by atoms with Gasteiger partial charge in [0.25, 0.3) is 15.0 Å². The quantitative estimate of drug-likeness (QED) is 0.832. The number of carbonyl (C=O) groups is 1. The Bertz CT molecular complexity index is 591. The van der Waals surface area contributed by atoms with Crippen molar-refractivity contribution >= 4 is 41.6 Å². The highest BCUT2D eigenvalue weighted by molar-refractivity contribution is 9.10. The summed E-state index contributed by atoms with van der Waals surface area (Å²) < 4.78 is 48.9. The van der Waals surface area contributed by atoms with E-state index in [1.165, 1.54) is 0 Å². The predicted octanol–water partition coefficient (Wildman–Crippen LogP) is 2.01. The van der Waals surface area contributed by atoms with Gasteiger partial charge in [0.05, 0.1) is 0 Å². The van der Waals surface area contributed by atoms with Gasteiger partial charge >= 0.3 is 0 Å². The van der Waals surface area contributed by atoms with Gasteiger partial charge in [-0.2, -0.15) is 0 Å². The van der Waals surface area contributed by atoms with Crippen molar-refractivity contribution in [3.8, 4) is 0 Å². The first kappa shape index (κ1) is 14.3. The monoisotopic (exact) mass is 347 g/mol. The smallest absolute Gasteiger partial charge is 0.265 e. The third-order valence-corrected chi connectivity index (χ3v) is 4.06. The molecule has 1 rings (SSSR count). The van der Waals surface area contributed by atoms with Gasteiger partial charge in [-0.15, -0.1) is 0 Å². The maximum atomic E-state index is 13.7. The normalized spacial score (nSPS) is 11.4. The molecule has 0 aliphatic heterocycles. The minimum Gasteiger partial charge on any atom is -0.355 e. The van der Waals surface area contributed by atoms with E-state index in [2.05, 4.69) is 15.9 Å². The summed E-state index contributed by atoms with van der Waals surface area (Å²) in [6.07, 6.45) is 0. The molecule has 1 aromatic carbocycles. The summed E-state index contributed by atoms with van der Waals surface area (Å²) in [7, 11) is 1.70. The second kappa shape index (κ2) is 4.87. The van der Waals surface area contributed by atoms with E-state index in [-0.39, 0.29) is 0 Å². The Morgan fingerprint density at radius 2 is 2.00 bits per heavy atom. The molecule has 0 unspecified atom stereocenters. The molecule has 94 valence electrons. The molecule has 1 N–H and O–H groups in total. The molecule has 0 aromatic heterocycles. The zero-order valence-electron chi connectivity index (χ0n) is 8.22. The molecule has 0 saturated carbocycles. The van der Waals surface area contributed by atoms with E-state index in [4.69, 9.17) is 10.7 Å². The zero-order valence-corrected chi connectivity index (χ0v) is 11.4. The van der Waals surface area contributed by atoms with Crippen molar-refractivity contribution in [3.05, 3.63) is 27.7 Å². The summed E-state index contributed by atoms with van der Waals surface area (Å²) in [6.45, 7) is 0. The van der Waals surface area contributed by atoms with E-state index in [0.29, 0.717) is 6.07 Å². The van der Waals surface area contributed by atoms with Gasteiger partial charge in [-0.05, 0) is 22.0 Å². The van der Waals surface area contributed by atoms with Gasteiger partial charge < -0.3 is 5.32 Å². The lowest BCUT2D eigenvalue weighted by atomic mass is 10.2. The van der Waals surface area contributed by atoms with Crippen molar-refractivity contribution in [2.24, 2.45) is 0 Å². The summed E-state index contributed by atoms with van der Waals surface area (Å²) in [4.78, 5) is 10.2. The molecule has 0 radical (unpaired) electrons. The number of hydrogen-bond acceptors (Lipinski definition) is 3. The minimum atomic E-state index is -4.44. The highest BCUT2D eigenvalue weighted by Crippen LogP contribution is 2.31. The van der Waals surface area contributed by atoms with E-state index in [9.17, 15) is 22.0 Å². The Kier molecular flexibility index (Phi) is 4.11. The Hall–Kier alpha value is -0.730. The summed E-state index contributed by atoms with van der Waals surface area (Å²) in [5.74, 6) is -3.82. The molecule has 9 heteroatoms. The number of nitrogens with one attached hydrogen (secondary N) is 1. The molecule has 0 bridgehead atoms. The van der Waals surface area contributed by atoms with Crippen LogP contribution in [0.5, 0.6) is 0 Å². The molecule has 0 saturated heterocycles. The van der Waals surface area contributed by atoms with Crippen molar-refractivity contribution < 1.29 is 22.0 Å². The Morgan fingerprint density at radius 1 is 1.47 bits per heavy atom. The molecule has 0 fully saturated rings. The lowest BCUT2D eigenvalue weighted by Crippen LogP contribution is -2.22. The maximum Gasteiger partial charge on any atom is 0.265 e. The van der Waals surface area contributed by atoms with Crippen LogP contribution in [0.15, 0.2) is 15.4 Å². The van der Waals surface area contributed by atoms with E-state index >= 15 is 0 Å². The molecule has 17 heavy (non-hydrogen) atoms. The standard InChI is InChI=1S/C8H5BrClF2NO3S/c1-13-8(14)5-4(11)2-3(9)7(6(5)12)17(10,15)16/h2H,1H3,(H,13,14). The molecule has 0 atom stereocenters. The van der Waals surface area contributed by atoms with Crippen LogP contribution < -0.4 is 5.32 Å². The third kappa shape index (κ3) is 2.75. The Labute approximate surface area is 109 Å². The van der Waals surface area contributed by atoms with Gasteiger partial charge in [0, 0.05) is 22.2 Å². The van der Waals surface area contributed by atoms with Crippen LogP contribution in [0, 0.1) is 11.6 Å². The predicted molar refractivity (Wildman–Crippen MR) is 60.5 cm³/mol. The van der Waals surface area contributed by atoms with Crippen LogP contribution in [0.3, 0.4) is 0 Å². The van der Waals surface area contributed by atoms with E-state index in [1.807, 2.05) is 5.32 Å². The summed E-state index contributed by atoms with van der Waals surface area (Å²) in [6, 6.07) is 0.656. The number of amides is 1. The molecule has 4 nitrogen and oxygen atoms in total. The van der Waals surface area contributed by atoms with Gasteiger partial charge in [-0.1, -0.05) is 0 Å². The SMILES string of the molecule is CNC(=O)c1c(F)cc(Br)c(S(=O)(=O)Cl)c1F. The number of halogens is 4. The molecule has 1 aromatic rings. The topological polar surface area (TPSA) is 63.2 Å². The average Bonchev–Trinajstić information content (AvgIpc) is 2.13. The van der Waals surface area contributed by atoms with Crippen molar-refractivity contribution in [2.45, 2.75) is 4.90 Å². The molecule has 0 aliphatic carbocycles. The summed E-state index contributed by atoms with van der Waals surface area (Å²) in [5, 5.41) is 1.99. The van der Waals surface area contributed by atoms with Crippen LogP contribution in [0.1, 0.15) is 10.4 Å². The van der Waals surface area contributed by atoms with Crippen LogP contribution in [0.2, 0.25) is 0 Å². The van der Waals surface area contributed by atoms with Crippen molar-refractivity contribution in [3.63, 3.8) is 0 Å². The average molecular weight is 349 g/mol. The largest absolute Gasteiger partial charge is 0.355 e. The van der Waals surface area contributed by atoms with Crippen LogP contribution in [0.4, 0.5) is 8.78 Å². The van der Waals surface area contributed by atoms with Gasteiger partial charge in [0.1, 0.15) is 16.3 Å². The second-order valence-electron chi connectivity index (χ2n) is 2.88. The Morgan fingerprint density at radius 3 is 2.41 bits per heavy atom. The third-order valence-electron chi connectivity index (χ3n) is 1.83. The number of hydrogen-bond donors (Lipinski definition) is 1. The second-order valence-corrected chi connectivity index (χ2v) is 6.23. The van der Waals surface area contributed by atoms with Gasteiger partial charge in [-0.25, -0.2) is 17.2 Å². The van der Waals surface area contributed by atoms with Gasteiger partial charge in [0.2, 0.25) is 0 Å². The van der Waals surface area contributed by atoms with Gasteiger partial charge in [0.15, 0.2) is 5.82 Å². The fourth-order valence-electron chi connectivity index (χ4n) is 1.13. The van der Waals surface area contributed by atoms with Crippen LogP contribution in [0.25, 0.3) is 0 Å². The minimum absolute atomic E-state index is 0.393. The number of rotatable bonds is 2. The zero-order chi connectivity index (χ0) is 13.4. The van der Waals surface area contributed by atoms with Crippen molar-refractivity contribution in [1.29, 1.82) is 0 Å². The highest BCUT2D eigenvalue weighted by Gasteiger charge is 2.28. The van der Waals surface area contributed by atoms with Crippen LogP contribution in [-0.2, 0) is 9.05 Å². The molecule has 0 heterocycles. The first-order chi connectivity index (χ1) is 7.70. The first-order valence-electron chi connectivity index (χ1n) is 4.04. The molecule has 1 amide bonds. The fraction of sp³-hybridized carbons (Fsp3) is 0.125. The van der Waals surface area contributed by atoms with Crippen LogP contribution in [-0.4, -0.2) is 21.4 Å². The maximum absolute atomic E-state index is 13.7. The Balaban J connectivity index is 3.73. The lowest BCUT2D eigenvalue weighted by molar-refractivity contribution is 0.0954. The number of carbonyl (C=O) groups excluding carboxylic acids is 1. The van der Waals surface area contributed by atoms with E-state index < -0.39 is 41.5 Å². The van der Waals surface area contributed by atoms with E-state index in [1.54, 1.807) is 0 Å². The van der Waals surface area contributed by atoms with Crippen LogP contribution >= 0.6 is 26.6 Å². The summed E-state index contributed by atoms with van der Waals surface area (Å²) >= 11 is 2.66. The number of benzene rings is 1. The molecule has 0 spiro atoms. The first-order valence-corrected chi connectivity index (χ1v) is 7.14. The van der Waals surface area contributed by atoms with Gasteiger partial charge in [-0.3, -0.25) is 4.79 Å². The van der Waals surface area contributed by atoms with Crippen molar-refractivity contribution in [1.82, 2.24) is 5.32 Å². The molecular formula is C8H5BrClF2NO3S. The fourth-order valence-corrected chi connectivity index (χ4v) is 3.48. The lowest BCUT2D eigenvalue weighted by Gasteiger charge is -2.08. The highest BCUT2D eigenvalue weighted by atomic mass is 79.9. The molecular weight excluding hydrogens is 344 g/mol. The van der Waals surface area contributed by atoms with E-state index in [0.717, 1.165) is 7.05 Å². The van der Waals surface area contributed by atoms with Crippen molar-refractivity contribution in [2.75, 3.05) is 7.05 Å². The summed E-state index contributed by atoms with van der Waals surface area (Å²) in [5.41, 5.74) is -1.00. The molecule has 0 aliphatic rings.